The van der Waals surface area contributed by atoms with Crippen molar-refractivity contribution in [2.75, 3.05) is 31.3 Å². The Morgan fingerprint density at radius 3 is 2.51 bits per heavy atom. The molecule has 24 heteroatoms. The Morgan fingerprint density at radius 2 is 1.72 bits per heavy atom. The lowest BCUT2D eigenvalue weighted by Gasteiger charge is -2.33. The number of imidazole rings is 2. The van der Waals surface area contributed by atoms with Crippen molar-refractivity contribution in [3.63, 3.8) is 0 Å². The van der Waals surface area contributed by atoms with Crippen molar-refractivity contribution in [3.05, 3.63) is 42.0 Å². The van der Waals surface area contributed by atoms with Crippen LogP contribution in [-0.2, 0) is 41.4 Å². The zero-order chi connectivity index (χ0) is 32.9. The van der Waals surface area contributed by atoms with Gasteiger partial charge in [-0.05, 0) is 0 Å². The molecule has 0 spiro atoms. The fourth-order valence-corrected chi connectivity index (χ4v) is 9.34. The average Bonchev–Trinajstić information content (AvgIpc) is 3.82. The summed E-state index contributed by atoms with van der Waals surface area (Å²) in [6, 6.07) is 0. The fourth-order valence-electron chi connectivity index (χ4n) is 6.31. The number of nitrogens with zero attached hydrogens (tertiary/aromatic N) is 7. The van der Waals surface area contributed by atoms with Crippen LogP contribution in [0.15, 0.2) is 36.4 Å². The number of rotatable bonds is 3. The topological polar surface area (TPSA) is 258 Å². The van der Waals surface area contributed by atoms with E-state index in [1.807, 2.05) is 0 Å². The second-order valence-electron chi connectivity index (χ2n) is 11.2. The smallest absolute Gasteiger partial charge is 0.382 e. The van der Waals surface area contributed by atoms with E-state index in [4.69, 9.17) is 43.8 Å². The van der Waals surface area contributed by atoms with Gasteiger partial charge >= 0.3 is 13.6 Å². The molecular weight excluding hydrogens is 702 g/mol. The van der Waals surface area contributed by atoms with Gasteiger partial charge in [-0.3, -0.25) is 37.0 Å². The molecule has 4 aliphatic rings. The third-order valence-corrected chi connectivity index (χ3v) is 11.6. The number of nitrogen functional groups attached to an aromatic ring is 2. The molecule has 47 heavy (non-hydrogen) atoms. The van der Waals surface area contributed by atoms with E-state index in [1.54, 1.807) is 4.57 Å². The van der Waals surface area contributed by atoms with Gasteiger partial charge in [0.05, 0.1) is 38.4 Å². The van der Waals surface area contributed by atoms with Gasteiger partial charge in [-0.25, -0.2) is 29.1 Å². The molecule has 20 nitrogen and oxygen atoms in total. The minimum Gasteiger partial charge on any atom is -0.382 e. The molecule has 5 N–H and O–H groups in total. The molecule has 4 fully saturated rings. The Hall–Kier alpha value is -2.88. The number of hydrogen-bond donors (Lipinski definition) is 5. The molecule has 4 aromatic rings. The molecule has 0 unspecified atom stereocenters. The van der Waals surface area contributed by atoms with Crippen LogP contribution in [-0.4, -0.2) is 88.9 Å². The number of fused-ring (bicyclic) bond motifs is 3. The summed E-state index contributed by atoms with van der Waals surface area (Å²) < 4.78 is 72.8. The zero-order valence-electron chi connectivity index (χ0n) is 23.8. The molecule has 0 aliphatic carbocycles. The molecule has 0 aromatic carbocycles. The highest BCUT2D eigenvalue weighted by Crippen LogP contribution is 2.63. The molecule has 8 rings (SSSR count). The van der Waals surface area contributed by atoms with Gasteiger partial charge in [0.15, 0.2) is 28.9 Å². The van der Waals surface area contributed by atoms with Crippen molar-refractivity contribution >= 4 is 72.2 Å². The summed E-state index contributed by atoms with van der Waals surface area (Å²) in [4.78, 5) is 35.6. The highest BCUT2D eigenvalue weighted by Gasteiger charge is 2.66. The van der Waals surface area contributed by atoms with E-state index in [1.165, 1.54) is 29.6 Å². The standard InChI is InChI=1S/C23H26N10O10P2S2/c1-2-9-13-10(40-20(9)33-8-29-12-18(33)30-22(25)31-19(12)34)3-38-44(35,46)43-15-14-21(32-7-28-11-16(24)26-6-27-17(11)32)41-23(15,4-37-14)5-39-45(36,47)42-13/h2,6-10,13-15,20-21H,1,3-5H2,(H,35,46)(H,36,47)(H2,24,26,27)(H3,25,30,31,34)/t9-,10-,13+,14-,15+,20-,21-,23-,44+,45-/m1/s1. The minimum atomic E-state index is -4.21. The van der Waals surface area contributed by atoms with E-state index in [0.29, 0.717) is 11.2 Å². The van der Waals surface area contributed by atoms with Crippen molar-refractivity contribution in [3.8, 4) is 0 Å². The van der Waals surface area contributed by atoms with Crippen molar-refractivity contribution in [2.24, 2.45) is 5.92 Å². The number of aromatic amines is 1. The first kappa shape index (κ1) is 31.4. The summed E-state index contributed by atoms with van der Waals surface area (Å²) in [6.07, 6.45) is -0.451. The Bertz CT molecular complexity index is 2080. The Morgan fingerprint density at radius 1 is 0.979 bits per heavy atom. The number of nitrogens with two attached hydrogens (primary N) is 2. The number of nitrogens with one attached hydrogen (secondary N) is 1. The van der Waals surface area contributed by atoms with E-state index in [0.717, 1.165) is 0 Å². The van der Waals surface area contributed by atoms with E-state index in [-0.39, 0.29) is 29.5 Å². The van der Waals surface area contributed by atoms with Crippen LogP contribution in [0.3, 0.4) is 0 Å². The quantitative estimate of drug-likeness (QED) is 0.113. The van der Waals surface area contributed by atoms with Crippen LogP contribution in [0, 0.1) is 5.92 Å². The lowest BCUT2D eigenvalue weighted by molar-refractivity contribution is -0.182. The maximum absolute atomic E-state index is 13.8. The van der Waals surface area contributed by atoms with Gasteiger partial charge in [-0.2, -0.15) is 4.98 Å². The molecule has 2 bridgehead atoms. The lowest BCUT2D eigenvalue weighted by atomic mass is 10.00. The molecule has 4 aliphatic heterocycles. The Kier molecular flexibility index (Phi) is 7.40. The summed E-state index contributed by atoms with van der Waals surface area (Å²) in [5, 5.41) is 0. The van der Waals surface area contributed by atoms with Crippen LogP contribution in [0.1, 0.15) is 12.5 Å². The summed E-state index contributed by atoms with van der Waals surface area (Å²) in [6.45, 7) is -5.45. The molecule has 0 amide bonds. The van der Waals surface area contributed by atoms with Gasteiger partial charge in [0.25, 0.3) is 5.56 Å². The maximum Gasteiger partial charge on any atom is 0.386 e. The summed E-state index contributed by atoms with van der Waals surface area (Å²) in [5.74, 6) is -0.750. The molecule has 10 atom stereocenters. The first-order chi connectivity index (χ1) is 22.4. The van der Waals surface area contributed by atoms with Crippen LogP contribution in [0.25, 0.3) is 22.3 Å². The second kappa shape index (κ2) is 11.1. The molecule has 0 saturated carbocycles. The third-order valence-electron chi connectivity index (χ3n) is 8.40. The predicted molar refractivity (Wildman–Crippen MR) is 167 cm³/mol. The summed E-state index contributed by atoms with van der Waals surface area (Å²) in [5.41, 5.74) is 10.5. The van der Waals surface area contributed by atoms with Gasteiger partial charge in [-0.1, -0.05) is 30.6 Å². The van der Waals surface area contributed by atoms with Gasteiger partial charge in [0.2, 0.25) is 5.95 Å². The highest BCUT2D eigenvalue weighted by molar-refractivity contribution is 8.44. The average molecular weight is 729 g/mol. The van der Waals surface area contributed by atoms with Crippen molar-refractivity contribution < 1.29 is 41.4 Å². The first-order valence-corrected chi connectivity index (χ1v) is 19.3. The number of H-pyrrole nitrogens is 1. The van der Waals surface area contributed by atoms with Crippen molar-refractivity contribution in [1.29, 1.82) is 0 Å². The Labute approximate surface area is 273 Å². The van der Waals surface area contributed by atoms with Crippen molar-refractivity contribution in [2.45, 2.75) is 42.5 Å². The second-order valence-corrected chi connectivity index (χ2v) is 16.9. The third kappa shape index (κ3) is 5.14. The number of ether oxygens (including phenoxy) is 3. The predicted octanol–water partition coefficient (Wildman–Crippen LogP) is 1.38. The molecule has 4 aromatic heterocycles. The molecule has 4 saturated heterocycles. The minimum absolute atomic E-state index is 0.00566. The van der Waals surface area contributed by atoms with Crippen molar-refractivity contribution in [1.82, 2.24) is 39.0 Å². The van der Waals surface area contributed by atoms with E-state index in [2.05, 4.69) is 61.0 Å². The summed E-state index contributed by atoms with van der Waals surface area (Å²) >= 11 is 8.51. The Balaban J connectivity index is 1.12. The largest absolute Gasteiger partial charge is 0.386 e. The van der Waals surface area contributed by atoms with Gasteiger partial charge in [-0.15, -0.1) is 6.58 Å². The van der Waals surface area contributed by atoms with Gasteiger partial charge < -0.3 is 25.7 Å². The van der Waals surface area contributed by atoms with E-state index < -0.39 is 80.8 Å². The van der Waals surface area contributed by atoms with Crippen LogP contribution < -0.4 is 17.0 Å². The maximum atomic E-state index is 13.8. The van der Waals surface area contributed by atoms with Crippen LogP contribution >= 0.6 is 38.1 Å². The zero-order valence-corrected chi connectivity index (χ0v) is 27.4. The van der Waals surface area contributed by atoms with E-state index in [9.17, 15) is 13.9 Å². The van der Waals surface area contributed by atoms with Gasteiger partial charge in [0, 0.05) is 0 Å². The van der Waals surface area contributed by atoms with Gasteiger partial charge in [0.1, 0.15) is 48.1 Å². The molecule has 8 heterocycles. The summed E-state index contributed by atoms with van der Waals surface area (Å²) in [7, 11) is 0. The molecule has 250 valence electrons. The monoisotopic (exact) mass is 728 g/mol. The number of hydrogen-bond acceptors (Lipinski definition) is 17. The highest BCUT2D eigenvalue weighted by atomic mass is 32.7. The number of aromatic nitrogens is 8. The number of thiol groups is 2. The van der Waals surface area contributed by atoms with Crippen LogP contribution in [0.5, 0.6) is 0 Å². The normalized spacial score (nSPS) is 39.0. The fraction of sp³-hybridized carbons (Fsp3) is 0.478. The van der Waals surface area contributed by atoms with Crippen LogP contribution in [0.2, 0.25) is 0 Å². The first-order valence-electron chi connectivity index (χ1n) is 13.9. The molecular formula is C23H26N10O10P2S2. The molecule has 0 radical (unpaired) electrons. The van der Waals surface area contributed by atoms with Crippen LogP contribution in [0.4, 0.5) is 11.8 Å². The number of anilines is 2. The van der Waals surface area contributed by atoms with E-state index >= 15 is 0 Å². The SMILES string of the molecule is C=C[C@@H]1[C@@H]2O[P@](=O)(S)OC[C@@]34CO[C@@H]([C@H](n5cnc6c(N)ncnc65)O3)[C@@H]4O[P@@](=O)(S)OC[C@H]2O[C@H]1n1cnc2c(=O)[nH]c(N)nc21. The lowest BCUT2D eigenvalue weighted by Crippen LogP contribution is -2.46.